The van der Waals surface area contributed by atoms with Gasteiger partial charge in [0.2, 0.25) is 0 Å². The fourth-order valence-electron chi connectivity index (χ4n) is 5.51. The molecule has 1 unspecified atom stereocenters. The molecule has 0 spiro atoms. The summed E-state index contributed by atoms with van der Waals surface area (Å²) in [7, 11) is 0. The predicted octanol–water partition coefficient (Wildman–Crippen LogP) is 4.27. The van der Waals surface area contributed by atoms with E-state index in [4.69, 9.17) is 9.47 Å². The maximum absolute atomic E-state index is 14.8. The Bertz CT molecular complexity index is 1090. The average molecular weight is 456 g/mol. The van der Waals surface area contributed by atoms with Crippen LogP contribution in [0.1, 0.15) is 40.7 Å². The number of carboxylic acids is 1. The zero-order valence-electron chi connectivity index (χ0n) is 18.0. The summed E-state index contributed by atoms with van der Waals surface area (Å²) in [5.74, 6) is -2.18. The molecular formula is C26H26F2O5. The Kier molecular flexibility index (Phi) is 5.70. The van der Waals surface area contributed by atoms with Crippen molar-refractivity contribution in [3.8, 4) is 5.75 Å². The molecule has 3 aliphatic rings. The van der Waals surface area contributed by atoms with E-state index in [0.29, 0.717) is 24.0 Å². The fraction of sp³-hybridized carbons (Fsp3) is 0.423. The second-order valence-corrected chi connectivity index (χ2v) is 9.28. The van der Waals surface area contributed by atoms with E-state index in [-0.39, 0.29) is 48.3 Å². The number of halogens is 2. The summed E-state index contributed by atoms with van der Waals surface area (Å²) >= 11 is 0. The number of benzene rings is 2. The van der Waals surface area contributed by atoms with Gasteiger partial charge in [-0.15, -0.1) is 0 Å². The molecule has 2 heterocycles. The highest BCUT2D eigenvalue weighted by atomic mass is 19.1. The number of fused-ring (bicyclic) bond motifs is 2. The number of carboxylic acid groups (broad SMARTS) is 1. The maximum Gasteiger partial charge on any atom is 0.338 e. The number of aliphatic hydroxyl groups excluding tert-OH is 1. The van der Waals surface area contributed by atoms with Crippen molar-refractivity contribution in [3.05, 3.63) is 76.9 Å². The minimum Gasteiger partial charge on any atom is -0.487 e. The molecule has 0 radical (unpaired) electrons. The van der Waals surface area contributed by atoms with Crippen LogP contribution >= 0.6 is 0 Å². The van der Waals surface area contributed by atoms with Crippen LogP contribution in [0.3, 0.4) is 0 Å². The van der Waals surface area contributed by atoms with E-state index >= 15 is 0 Å². The minimum absolute atomic E-state index is 0.0530. The fourth-order valence-corrected chi connectivity index (χ4v) is 5.51. The highest BCUT2D eigenvalue weighted by Crippen LogP contribution is 2.44. The monoisotopic (exact) mass is 456 g/mol. The van der Waals surface area contributed by atoms with Gasteiger partial charge in [0.1, 0.15) is 11.9 Å². The van der Waals surface area contributed by atoms with Crippen LogP contribution in [0.25, 0.3) is 0 Å². The van der Waals surface area contributed by atoms with Crippen LogP contribution < -0.4 is 4.74 Å². The molecule has 2 fully saturated rings. The first kappa shape index (κ1) is 22.0. The SMILES string of the molecule is O=C(O)c1ccc2c(c1F)O[C@H]1CC[C@H](/C=C/C(O)C3(c4ccccc4F)COC3)[C@H]1CC2. The summed E-state index contributed by atoms with van der Waals surface area (Å²) in [6.07, 6.45) is 5.50. The summed E-state index contributed by atoms with van der Waals surface area (Å²) in [6, 6.07) is 9.38. The van der Waals surface area contributed by atoms with E-state index in [1.165, 1.54) is 12.1 Å². The lowest BCUT2D eigenvalue weighted by Gasteiger charge is -2.44. The Hall–Kier alpha value is -2.77. The van der Waals surface area contributed by atoms with Crippen LogP contribution in [-0.2, 0) is 16.6 Å². The molecule has 2 N–H and O–H groups in total. The lowest BCUT2D eigenvalue weighted by atomic mass is 9.73. The van der Waals surface area contributed by atoms with Crippen molar-refractivity contribution in [2.45, 2.75) is 43.3 Å². The van der Waals surface area contributed by atoms with Gasteiger partial charge in [-0.05, 0) is 49.3 Å². The largest absolute Gasteiger partial charge is 0.487 e. The lowest BCUT2D eigenvalue weighted by Crippen LogP contribution is -2.55. The third-order valence-electron chi connectivity index (χ3n) is 7.47. The highest BCUT2D eigenvalue weighted by molar-refractivity contribution is 5.88. The van der Waals surface area contributed by atoms with Crippen LogP contribution in [-0.4, -0.2) is 41.6 Å². The van der Waals surface area contributed by atoms with Crippen molar-refractivity contribution >= 4 is 5.97 Å². The van der Waals surface area contributed by atoms with E-state index in [1.54, 1.807) is 30.3 Å². The summed E-state index contributed by atoms with van der Waals surface area (Å²) in [4.78, 5) is 11.3. The van der Waals surface area contributed by atoms with Crippen molar-refractivity contribution < 1.29 is 33.3 Å². The molecule has 1 aliphatic carbocycles. The number of aromatic carboxylic acids is 1. The first-order chi connectivity index (χ1) is 15.9. The van der Waals surface area contributed by atoms with Gasteiger partial charge in [0, 0.05) is 11.5 Å². The zero-order valence-corrected chi connectivity index (χ0v) is 18.0. The second kappa shape index (κ2) is 8.54. The number of aliphatic hydroxyl groups is 1. The molecule has 2 aliphatic heterocycles. The molecule has 33 heavy (non-hydrogen) atoms. The van der Waals surface area contributed by atoms with Crippen molar-refractivity contribution in [2.75, 3.05) is 13.2 Å². The number of ether oxygens (including phenoxy) is 2. The first-order valence-electron chi connectivity index (χ1n) is 11.3. The molecule has 174 valence electrons. The van der Waals surface area contributed by atoms with Crippen molar-refractivity contribution in [2.24, 2.45) is 11.8 Å². The van der Waals surface area contributed by atoms with Gasteiger partial charge < -0.3 is 19.7 Å². The summed E-state index contributed by atoms with van der Waals surface area (Å²) in [5.41, 5.74) is -0.0479. The standard InChI is InChI=1S/C26H26F2O5/c27-20-4-2-1-3-19(20)26(13-32-14-26)22(29)12-8-15-7-11-21-17(15)9-5-16-6-10-18(25(30)31)23(28)24(16)33-21/h1-4,6,8,10,12,15,17,21-22,29H,5,7,9,11,13-14H2,(H,30,31)/b12-8+/t15-,17-,21+,22?/m1/s1. The Morgan fingerprint density at radius 2 is 1.91 bits per heavy atom. The average Bonchev–Trinajstić information content (AvgIpc) is 3.03. The van der Waals surface area contributed by atoms with E-state index in [1.807, 2.05) is 6.08 Å². The Morgan fingerprint density at radius 3 is 2.61 bits per heavy atom. The zero-order chi connectivity index (χ0) is 23.2. The molecule has 0 aromatic heterocycles. The number of allylic oxidation sites excluding steroid dienone is 1. The van der Waals surface area contributed by atoms with Gasteiger partial charge in [-0.1, -0.05) is 36.4 Å². The van der Waals surface area contributed by atoms with Crippen molar-refractivity contribution in [3.63, 3.8) is 0 Å². The first-order valence-corrected chi connectivity index (χ1v) is 11.3. The van der Waals surface area contributed by atoms with Gasteiger partial charge in [-0.2, -0.15) is 0 Å². The van der Waals surface area contributed by atoms with Crippen LogP contribution in [0.4, 0.5) is 8.78 Å². The lowest BCUT2D eigenvalue weighted by molar-refractivity contribution is -0.107. The van der Waals surface area contributed by atoms with E-state index in [2.05, 4.69) is 0 Å². The summed E-state index contributed by atoms with van der Waals surface area (Å²) < 4.78 is 40.6. The van der Waals surface area contributed by atoms with Crippen molar-refractivity contribution in [1.82, 2.24) is 0 Å². The molecule has 4 atom stereocenters. The number of hydrogen-bond donors (Lipinski definition) is 2. The second-order valence-electron chi connectivity index (χ2n) is 9.28. The molecule has 5 nitrogen and oxygen atoms in total. The molecule has 1 saturated heterocycles. The maximum atomic E-state index is 14.8. The third-order valence-corrected chi connectivity index (χ3v) is 7.47. The number of hydrogen-bond acceptors (Lipinski definition) is 4. The van der Waals surface area contributed by atoms with Crippen LogP contribution in [0.5, 0.6) is 5.75 Å². The minimum atomic E-state index is -1.32. The van der Waals surface area contributed by atoms with Gasteiger partial charge in [0.05, 0.1) is 30.3 Å². The third kappa shape index (κ3) is 3.73. The molecule has 2 aromatic carbocycles. The normalized spacial score (nSPS) is 26.6. The molecule has 0 bridgehead atoms. The van der Waals surface area contributed by atoms with E-state index in [9.17, 15) is 23.8 Å². The number of carbonyl (C=O) groups is 1. The topological polar surface area (TPSA) is 76.0 Å². The molecule has 5 rings (SSSR count). The van der Waals surface area contributed by atoms with Crippen LogP contribution in [0.15, 0.2) is 48.6 Å². The summed E-state index contributed by atoms with van der Waals surface area (Å²) in [5, 5.41) is 20.2. The Balaban J connectivity index is 1.34. The Labute approximate surface area is 190 Å². The van der Waals surface area contributed by atoms with Crippen LogP contribution in [0, 0.1) is 23.5 Å². The highest BCUT2D eigenvalue weighted by Gasteiger charge is 2.47. The predicted molar refractivity (Wildman–Crippen MR) is 116 cm³/mol. The number of aryl methyl sites for hydroxylation is 1. The summed E-state index contributed by atoms with van der Waals surface area (Å²) in [6.45, 7) is 0.500. The van der Waals surface area contributed by atoms with E-state index in [0.717, 1.165) is 12.8 Å². The van der Waals surface area contributed by atoms with Gasteiger partial charge in [-0.3, -0.25) is 0 Å². The van der Waals surface area contributed by atoms with Crippen LogP contribution in [0.2, 0.25) is 0 Å². The molecule has 2 aromatic rings. The van der Waals surface area contributed by atoms with Gasteiger partial charge in [0.25, 0.3) is 0 Å². The van der Waals surface area contributed by atoms with Gasteiger partial charge in [-0.25, -0.2) is 13.6 Å². The molecule has 0 amide bonds. The van der Waals surface area contributed by atoms with Gasteiger partial charge in [0.15, 0.2) is 11.6 Å². The molecule has 1 saturated carbocycles. The molecular weight excluding hydrogens is 430 g/mol. The van der Waals surface area contributed by atoms with E-state index < -0.39 is 23.3 Å². The Morgan fingerprint density at radius 1 is 1.12 bits per heavy atom. The number of rotatable bonds is 5. The molecule has 7 heteroatoms. The quantitative estimate of drug-likeness (QED) is 0.658. The smallest absolute Gasteiger partial charge is 0.338 e. The van der Waals surface area contributed by atoms with Crippen molar-refractivity contribution in [1.29, 1.82) is 0 Å². The van der Waals surface area contributed by atoms with Gasteiger partial charge >= 0.3 is 5.97 Å².